The van der Waals surface area contributed by atoms with E-state index in [2.05, 4.69) is 17.2 Å². The van der Waals surface area contributed by atoms with Gasteiger partial charge in [0.1, 0.15) is 0 Å². The van der Waals surface area contributed by atoms with Crippen molar-refractivity contribution >= 4 is 22.3 Å². The van der Waals surface area contributed by atoms with Crippen LogP contribution < -0.4 is 11.1 Å². The van der Waals surface area contributed by atoms with Gasteiger partial charge in [-0.2, -0.15) is 0 Å². The van der Waals surface area contributed by atoms with E-state index in [0.29, 0.717) is 5.92 Å². The molecule has 0 spiro atoms. The summed E-state index contributed by atoms with van der Waals surface area (Å²) in [4.78, 5) is 4.33. The SMILES string of the molecule is CCC(CCO)CNc1ccnc2cc(N)ccc12. The van der Waals surface area contributed by atoms with Gasteiger partial charge in [0.05, 0.1) is 5.52 Å². The number of nitrogen functional groups attached to an aromatic ring is 1. The van der Waals surface area contributed by atoms with E-state index in [-0.39, 0.29) is 6.61 Å². The number of hydrogen-bond acceptors (Lipinski definition) is 4. The molecule has 0 aliphatic carbocycles. The maximum Gasteiger partial charge on any atom is 0.0743 e. The number of aliphatic hydroxyl groups is 1. The largest absolute Gasteiger partial charge is 0.399 e. The third-order valence-electron chi connectivity index (χ3n) is 3.46. The summed E-state index contributed by atoms with van der Waals surface area (Å²) in [5, 5.41) is 13.5. The van der Waals surface area contributed by atoms with Crippen LogP contribution in [0.25, 0.3) is 10.9 Å². The third kappa shape index (κ3) is 3.35. The summed E-state index contributed by atoms with van der Waals surface area (Å²) in [7, 11) is 0. The molecule has 4 nitrogen and oxygen atoms in total. The number of nitrogens with zero attached hydrogens (tertiary/aromatic N) is 1. The summed E-state index contributed by atoms with van der Waals surface area (Å²) >= 11 is 0. The fraction of sp³-hybridized carbons (Fsp3) is 0.400. The van der Waals surface area contributed by atoms with Crippen molar-refractivity contribution in [3.63, 3.8) is 0 Å². The molecule has 0 bridgehead atoms. The van der Waals surface area contributed by atoms with Crippen LogP contribution in [0.1, 0.15) is 19.8 Å². The van der Waals surface area contributed by atoms with Crippen molar-refractivity contribution in [2.75, 3.05) is 24.2 Å². The lowest BCUT2D eigenvalue weighted by Gasteiger charge is -2.16. The van der Waals surface area contributed by atoms with E-state index >= 15 is 0 Å². The van der Waals surface area contributed by atoms with Gasteiger partial charge < -0.3 is 16.2 Å². The second-order valence-electron chi connectivity index (χ2n) is 4.80. The molecule has 1 heterocycles. The number of aliphatic hydroxyl groups excluding tert-OH is 1. The molecular weight excluding hydrogens is 238 g/mol. The molecule has 0 radical (unpaired) electrons. The molecule has 0 saturated heterocycles. The Morgan fingerprint density at radius 2 is 2.21 bits per heavy atom. The summed E-state index contributed by atoms with van der Waals surface area (Å²) in [6.45, 7) is 3.25. The van der Waals surface area contributed by atoms with Crippen LogP contribution in [0.5, 0.6) is 0 Å². The zero-order chi connectivity index (χ0) is 13.7. The number of benzene rings is 1. The molecule has 0 amide bonds. The fourth-order valence-electron chi connectivity index (χ4n) is 2.21. The predicted molar refractivity (Wildman–Crippen MR) is 80.1 cm³/mol. The highest BCUT2D eigenvalue weighted by atomic mass is 16.3. The van der Waals surface area contributed by atoms with Crippen LogP contribution in [0.15, 0.2) is 30.5 Å². The Morgan fingerprint density at radius 3 is 2.95 bits per heavy atom. The number of aromatic nitrogens is 1. The molecule has 1 unspecified atom stereocenters. The highest BCUT2D eigenvalue weighted by molar-refractivity contribution is 5.92. The summed E-state index contributed by atoms with van der Waals surface area (Å²) in [6.07, 6.45) is 3.68. The van der Waals surface area contributed by atoms with Gasteiger partial charge in [0.25, 0.3) is 0 Å². The molecule has 1 aromatic carbocycles. The number of nitrogens with one attached hydrogen (secondary N) is 1. The van der Waals surface area contributed by atoms with Gasteiger partial charge in [-0.15, -0.1) is 0 Å². The zero-order valence-corrected chi connectivity index (χ0v) is 11.3. The van der Waals surface area contributed by atoms with Gasteiger partial charge in [-0.25, -0.2) is 0 Å². The molecule has 1 aromatic heterocycles. The van der Waals surface area contributed by atoms with Gasteiger partial charge in [0, 0.05) is 36.1 Å². The van der Waals surface area contributed by atoms with Gasteiger partial charge in [-0.3, -0.25) is 4.98 Å². The number of fused-ring (bicyclic) bond motifs is 1. The Bertz CT molecular complexity index is 542. The summed E-state index contributed by atoms with van der Waals surface area (Å²) in [5.74, 6) is 0.488. The summed E-state index contributed by atoms with van der Waals surface area (Å²) in [6, 6.07) is 7.74. The average molecular weight is 259 g/mol. The number of hydrogen-bond donors (Lipinski definition) is 3. The van der Waals surface area contributed by atoms with Crippen molar-refractivity contribution < 1.29 is 5.11 Å². The first kappa shape index (κ1) is 13.6. The minimum absolute atomic E-state index is 0.244. The number of nitrogens with two attached hydrogens (primary N) is 1. The lowest BCUT2D eigenvalue weighted by atomic mass is 10.0. The molecule has 2 aromatic rings. The first-order chi connectivity index (χ1) is 9.24. The van der Waals surface area contributed by atoms with E-state index < -0.39 is 0 Å². The second kappa shape index (κ2) is 6.38. The summed E-state index contributed by atoms with van der Waals surface area (Å²) < 4.78 is 0. The fourth-order valence-corrected chi connectivity index (χ4v) is 2.21. The van der Waals surface area contributed by atoms with Crippen LogP contribution in [0.2, 0.25) is 0 Å². The maximum absolute atomic E-state index is 9.02. The van der Waals surface area contributed by atoms with Crippen LogP contribution in [0, 0.1) is 5.92 Å². The minimum Gasteiger partial charge on any atom is -0.399 e. The molecule has 2 rings (SSSR count). The lowest BCUT2D eigenvalue weighted by Crippen LogP contribution is -2.15. The van der Waals surface area contributed by atoms with E-state index in [4.69, 9.17) is 10.8 Å². The topological polar surface area (TPSA) is 71.2 Å². The molecule has 102 valence electrons. The smallest absolute Gasteiger partial charge is 0.0743 e. The Balaban J connectivity index is 2.16. The average Bonchev–Trinajstić information content (AvgIpc) is 2.43. The van der Waals surface area contributed by atoms with E-state index in [0.717, 1.165) is 41.7 Å². The first-order valence-corrected chi connectivity index (χ1v) is 6.73. The maximum atomic E-state index is 9.02. The Labute approximate surface area is 113 Å². The van der Waals surface area contributed by atoms with Crippen molar-refractivity contribution in [1.29, 1.82) is 0 Å². The standard InChI is InChI=1S/C15H21N3O/c1-2-11(6-8-19)10-18-14-5-7-17-15-9-12(16)3-4-13(14)15/h3-5,7,9,11,19H,2,6,8,10,16H2,1H3,(H,17,18). The van der Waals surface area contributed by atoms with Gasteiger partial charge in [-0.05, 0) is 36.6 Å². The van der Waals surface area contributed by atoms with Crippen LogP contribution in [-0.4, -0.2) is 23.2 Å². The number of anilines is 2. The Kier molecular flexibility index (Phi) is 4.58. The predicted octanol–water partition coefficient (Wildman–Crippen LogP) is 2.64. The van der Waals surface area contributed by atoms with Crippen LogP contribution in [0.3, 0.4) is 0 Å². The molecule has 0 fully saturated rings. The molecule has 4 heteroatoms. The minimum atomic E-state index is 0.244. The molecule has 0 aliphatic rings. The molecule has 19 heavy (non-hydrogen) atoms. The lowest BCUT2D eigenvalue weighted by molar-refractivity contribution is 0.258. The van der Waals surface area contributed by atoms with E-state index in [1.165, 1.54) is 0 Å². The normalized spacial score (nSPS) is 12.5. The van der Waals surface area contributed by atoms with Crippen LogP contribution in [0.4, 0.5) is 11.4 Å². The second-order valence-corrected chi connectivity index (χ2v) is 4.80. The monoisotopic (exact) mass is 259 g/mol. The zero-order valence-electron chi connectivity index (χ0n) is 11.3. The van der Waals surface area contributed by atoms with E-state index in [9.17, 15) is 0 Å². The third-order valence-corrected chi connectivity index (χ3v) is 3.46. The highest BCUT2D eigenvalue weighted by Crippen LogP contribution is 2.23. The Morgan fingerprint density at radius 1 is 1.37 bits per heavy atom. The van der Waals surface area contributed by atoms with Crippen molar-refractivity contribution in [2.24, 2.45) is 5.92 Å². The number of pyridine rings is 1. The molecule has 1 atom stereocenters. The molecule has 0 aliphatic heterocycles. The molecule has 4 N–H and O–H groups in total. The van der Waals surface area contributed by atoms with Crippen LogP contribution in [-0.2, 0) is 0 Å². The van der Waals surface area contributed by atoms with Crippen LogP contribution >= 0.6 is 0 Å². The van der Waals surface area contributed by atoms with Gasteiger partial charge in [0.15, 0.2) is 0 Å². The highest BCUT2D eigenvalue weighted by Gasteiger charge is 2.07. The molecular formula is C15H21N3O. The summed E-state index contributed by atoms with van der Waals surface area (Å²) in [5.41, 5.74) is 8.47. The first-order valence-electron chi connectivity index (χ1n) is 6.73. The van der Waals surface area contributed by atoms with Gasteiger partial charge in [-0.1, -0.05) is 13.3 Å². The van der Waals surface area contributed by atoms with E-state index in [1.807, 2.05) is 24.3 Å². The van der Waals surface area contributed by atoms with E-state index in [1.54, 1.807) is 6.20 Å². The number of rotatable bonds is 6. The molecule has 0 saturated carbocycles. The quantitative estimate of drug-likeness (QED) is 0.697. The van der Waals surface area contributed by atoms with Crippen molar-refractivity contribution in [3.8, 4) is 0 Å². The Hall–Kier alpha value is -1.81. The van der Waals surface area contributed by atoms with Crippen molar-refractivity contribution in [1.82, 2.24) is 4.98 Å². The van der Waals surface area contributed by atoms with Gasteiger partial charge >= 0.3 is 0 Å². The van der Waals surface area contributed by atoms with Gasteiger partial charge in [0.2, 0.25) is 0 Å². The van der Waals surface area contributed by atoms with Crippen molar-refractivity contribution in [2.45, 2.75) is 19.8 Å². The van der Waals surface area contributed by atoms with Crippen molar-refractivity contribution in [3.05, 3.63) is 30.5 Å².